The summed E-state index contributed by atoms with van der Waals surface area (Å²) in [4.78, 5) is 30.1. The Labute approximate surface area is 159 Å². The second kappa shape index (κ2) is 10.7. The van der Waals surface area contributed by atoms with Crippen LogP contribution in [0.2, 0.25) is 5.02 Å². The van der Waals surface area contributed by atoms with Crippen LogP contribution >= 0.6 is 36.4 Å². The number of nitrogens with zero attached hydrogens (tertiary/aromatic N) is 2. The van der Waals surface area contributed by atoms with Gasteiger partial charge in [-0.15, -0.1) is 24.8 Å². The van der Waals surface area contributed by atoms with Gasteiger partial charge in [-0.25, -0.2) is 4.98 Å². The smallest absolute Gasteiger partial charge is 0.228 e. The largest absolute Gasteiger partial charge is 0.342 e. The zero-order chi connectivity index (χ0) is 16.1. The van der Waals surface area contributed by atoms with Gasteiger partial charge in [0.25, 0.3) is 0 Å². The van der Waals surface area contributed by atoms with Crippen LogP contribution in [0.4, 0.5) is 5.82 Å². The van der Waals surface area contributed by atoms with Gasteiger partial charge in [-0.3, -0.25) is 9.59 Å². The summed E-state index contributed by atoms with van der Waals surface area (Å²) in [5.41, 5.74) is 5.52. The first-order valence-corrected chi connectivity index (χ1v) is 7.80. The molecule has 1 aliphatic rings. The number of halogens is 3. The molecule has 136 valence electrons. The number of nitrogens with one attached hydrogen (secondary N) is 1. The van der Waals surface area contributed by atoms with Crippen molar-refractivity contribution in [2.75, 3.05) is 25.0 Å². The third kappa shape index (κ3) is 6.09. The lowest BCUT2D eigenvalue weighted by Crippen LogP contribution is -2.44. The number of likely N-dealkylation sites (tertiary alicyclic amines) is 1. The fourth-order valence-electron chi connectivity index (χ4n) is 2.45. The molecule has 1 unspecified atom stereocenters. The third-order valence-corrected chi connectivity index (χ3v) is 4.15. The van der Waals surface area contributed by atoms with Gasteiger partial charge >= 0.3 is 0 Å². The van der Waals surface area contributed by atoms with E-state index in [2.05, 4.69) is 10.3 Å². The molecule has 6 nitrogen and oxygen atoms in total. The third-order valence-electron chi connectivity index (χ3n) is 3.93. The van der Waals surface area contributed by atoms with E-state index in [1.165, 1.54) is 6.20 Å². The summed E-state index contributed by atoms with van der Waals surface area (Å²) in [6, 6.07) is 3.35. The van der Waals surface area contributed by atoms with Crippen molar-refractivity contribution >= 4 is 54.0 Å². The van der Waals surface area contributed by atoms with E-state index in [0.29, 0.717) is 43.3 Å². The molecule has 9 heteroatoms. The lowest BCUT2D eigenvalue weighted by atomic mass is 9.95. The van der Waals surface area contributed by atoms with Crippen LogP contribution in [0.5, 0.6) is 0 Å². The van der Waals surface area contributed by atoms with E-state index in [0.717, 1.165) is 0 Å². The van der Waals surface area contributed by atoms with Crippen LogP contribution < -0.4 is 11.1 Å². The number of carbonyl (C=O) groups is 2. The van der Waals surface area contributed by atoms with Crippen molar-refractivity contribution in [1.82, 2.24) is 9.88 Å². The van der Waals surface area contributed by atoms with Gasteiger partial charge in [-0.05, 0) is 25.0 Å². The maximum Gasteiger partial charge on any atom is 0.228 e. The van der Waals surface area contributed by atoms with Crippen LogP contribution in [-0.2, 0) is 9.59 Å². The quantitative estimate of drug-likeness (QED) is 0.816. The molecule has 1 aromatic rings. The first kappa shape index (κ1) is 22.9. The Morgan fingerprint density at radius 2 is 2.00 bits per heavy atom. The molecule has 1 aliphatic heterocycles. The highest BCUT2D eigenvalue weighted by Crippen LogP contribution is 2.20. The second-order valence-corrected chi connectivity index (χ2v) is 6.02. The van der Waals surface area contributed by atoms with Crippen molar-refractivity contribution in [1.29, 1.82) is 0 Å². The van der Waals surface area contributed by atoms with Crippen molar-refractivity contribution in [2.24, 2.45) is 17.6 Å². The number of hydrogen-bond donors (Lipinski definition) is 2. The zero-order valence-corrected chi connectivity index (χ0v) is 15.8. The summed E-state index contributed by atoms with van der Waals surface area (Å²) >= 11 is 5.76. The first-order valence-electron chi connectivity index (χ1n) is 7.42. The fourth-order valence-corrected chi connectivity index (χ4v) is 2.56. The standard InChI is InChI=1S/C15H21ClN4O2.2ClH/c1-10(8-17)15(22)20-6-4-11(5-7-20)14(21)19-13-3-2-12(16)9-18-13;;/h2-3,9-11H,4-8,17H2,1H3,(H,18,19,21);2*1H. The summed E-state index contributed by atoms with van der Waals surface area (Å²) < 4.78 is 0. The minimum absolute atomic E-state index is 0. The number of rotatable bonds is 4. The predicted octanol–water partition coefficient (Wildman–Crippen LogP) is 2.35. The van der Waals surface area contributed by atoms with E-state index in [1.807, 2.05) is 6.92 Å². The topological polar surface area (TPSA) is 88.3 Å². The van der Waals surface area contributed by atoms with Gasteiger partial charge in [0.15, 0.2) is 0 Å². The van der Waals surface area contributed by atoms with Crippen LogP contribution in [0, 0.1) is 11.8 Å². The average molecular weight is 398 g/mol. The minimum Gasteiger partial charge on any atom is -0.342 e. The van der Waals surface area contributed by atoms with Gasteiger partial charge in [0.1, 0.15) is 5.82 Å². The molecule has 3 N–H and O–H groups in total. The van der Waals surface area contributed by atoms with E-state index >= 15 is 0 Å². The summed E-state index contributed by atoms with van der Waals surface area (Å²) in [5, 5.41) is 3.31. The number of anilines is 1. The Morgan fingerprint density at radius 3 is 2.50 bits per heavy atom. The number of hydrogen-bond acceptors (Lipinski definition) is 4. The summed E-state index contributed by atoms with van der Waals surface area (Å²) in [7, 11) is 0. The van der Waals surface area contributed by atoms with Crippen LogP contribution in [-0.4, -0.2) is 41.3 Å². The number of piperidine rings is 1. The maximum atomic E-state index is 12.2. The highest BCUT2D eigenvalue weighted by molar-refractivity contribution is 6.30. The van der Waals surface area contributed by atoms with Gasteiger partial charge in [0.2, 0.25) is 11.8 Å². The molecule has 0 bridgehead atoms. The molecule has 0 saturated carbocycles. The van der Waals surface area contributed by atoms with E-state index in [9.17, 15) is 9.59 Å². The fraction of sp³-hybridized carbons (Fsp3) is 0.533. The molecule has 1 fully saturated rings. The Hall–Kier alpha value is -1.08. The molecule has 2 amide bonds. The maximum absolute atomic E-state index is 12.2. The summed E-state index contributed by atoms with van der Waals surface area (Å²) in [6.07, 6.45) is 2.80. The molecule has 1 aromatic heterocycles. The minimum atomic E-state index is -0.163. The Morgan fingerprint density at radius 1 is 1.38 bits per heavy atom. The zero-order valence-electron chi connectivity index (χ0n) is 13.4. The van der Waals surface area contributed by atoms with Crippen LogP contribution in [0.15, 0.2) is 18.3 Å². The highest BCUT2D eigenvalue weighted by atomic mass is 35.5. The molecule has 0 spiro atoms. The molecule has 0 aromatic carbocycles. The molecule has 0 radical (unpaired) electrons. The second-order valence-electron chi connectivity index (χ2n) is 5.59. The number of pyridine rings is 1. The molecular formula is C15H23Cl3N4O2. The number of aromatic nitrogens is 1. The van der Waals surface area contributed by atoms with E-state index in [1.54, 1.807) is 17.0 Å². The van der Waals surface area contributed by atoms with Crippen molar-refractivity contribution in [2.45, 2.75) is 19.8 Å². The lowest BCUT2D eigenvalue weighted by molar-refractivity contribution is -0.137. The molecule has 1 atom stereocenters. The predicted molar refractivity (Wildman–Crippen MR) is 99.9 cm³/mol. The van der Waals surface area contributed by atoms with Gasteiger partial charge in [-0.1, -0.05) is 18.5 Å². The van der Waals surface area contributed by atoms with Crippen molar-refractivity contribution < 1.29 is 9.59 Å². The van der Waals surface area contributed by atoms with Gasteiger partial charge in [-0.2, -0.15) is 0 Å². The van der Waals surface area contributed by atoms with E-state index < -0.39 is 0 Å². The monoisotopic (exact) mass is 396 g/mol. The molecule has 2 rings (SSSR count). The van der Waals surface area contributed by atoms with Gasteiger partial charge < -0.3 is 16.0 Å². The summed E-state index contributed by atoms with van der Waals surface area (Å²) in [6.45, 7) is 3.36. The molecular weight excluding hydrogens is 375 g/mol. The highest BCUT2D eigenvalue weighted by Gasteiger charge is 2.29. The molecule has 1 saturated heterocycles. The molecule has 24 heavy (non-hydrogen) atoms. The summed E-state index contributed by atoms with van der Waals surface area (Å²) in [5.74, 6) is 0.234. The van der Waals surface area contributed by atoms with Crippen LogP contribution in [0.25, 0.3) is 0 Å². The van der Waals surface area contributed by atoms with E-state index in [-0.39, 0.29) is 48.5 Å². The number of carbonyl (C=O) groups excluding carboxylic acids is 2. The molecule has 2 heterocycles. The van der Waals surface area contributed by atoms with Crippen LogP contribution in [0.1, 0.15) is 19.8 Å². The Balaban J connectivity index is 0.00000264. The SMILES string of the molecule is CC(CN)C(=O)N1CCC(C(=O)Nc2ccc(Cl)cn2)CC1.Cl.Cl. The van der Waals surface area contributed by atoms with Gasteiger partial charge in [0, 0.05) is 37.7 Å². The number of nitrogens with two attached hydrogens (primary N) is 1. The number of amides is 2. The van der Waals surface area contributed by atoms with E-state index in [4.69, 9.17) is 17.3 Å². The van der Waals surface area contributed by atoms with Crippen LogP contribution in [0.3, 0.4) is 0 Å². The van der Waals surface area contributed by atoms with Crippen molar-refractivity contribution in [3.63, 3.8) is 0 Å². The lowest BCUT2D eigenvalue weighted by Gasteiger charge is -2.32. The van der Waals surface area contributed by atoms with Crippen molar-refractivity contribution in [3.8, 4) is 0 Å². The Kier molecular flexibility index (Phi) is 10.2. The Bertz CT molecular complexity index is 534. The average Bonchev–Trinajstić information content (AvgIpc) is 2.55. The molecule has 0 aliphatic carbocycles. The van der Waals surface area contributed by atoms with Crippen molar-refractivity contribution in [3.05, 3.63) is 23.4 Å². The van der Waals surface area contributed by atoms with Gasteiger partial charge in [0.05, 0.1) is 5.02 Å². The first-order chi connectivity index (χ1) is 10.5. The normalized spacial score (nSPS) is 15.7.